The van der Waals surface area contributed by atoms with Crippen molar-refractivity contribution in [3.05, 3.63) is 58.3 Å². The topological polar surface area (TPSA) is 41.5 Å². The molecule has 5 heteroatoms. The minimum absolute atomic E-state index is 0.132. The smallest absolute Gasteiger partial charge is 0.137 e. The molecule has 0 bridgehead atoms. The molecule has 1 unspecified atom stereocenters. The van der Waals surface area contributed by atoms with Crippen LogP contribution in [0.4, 0.5) is 10.1 Å². The van der Waals surface area contributed by atoms with E-state index in [-0.39, 0.29) is 18.5 Å². The third-order valence-corrected chi connectivity index (χ3v) is 3.60. The van der Waals surface area contributed by atoms with Crippen molar-refractivity contribution in [2.75, 3.05) is 19.0 Å². The van der Waals surface area contributed by atoms with Crippen LogP contribution in [0.3, 0.4) is 0 Å². The molecule has 2 N–H and O–H groups in total. The highest BCUT2D eigenvalue weighted by Gasteiger charge is 2.12. The van der Waals surface area contributed by atoms with Crippen molar-refractivity contribution in [2.45, 2.75) is 6.04 Å². The van der Waals surface area contributed by atoms with Gasteiger partial charge in [0.15, 0.2) is 0 Å². The molecule has 2 aromatic carbocycles. The van der Waals surface area contributed by atoms with Crippen LogP contribution in [0.5, 0.6) is 5.75 Å². The molecule has 3 nitrogen and oxygen atoms in total. The standard InChI is InChI=1S/C15H15BrFNO2/c1-20-12-5-3-11(4-6-12)18-15(9-19)10-2-7-13(16)14(17)8-10/h2-8,15,18-19H,9H2,1H3. The Morgan fingerprint density at radius 3 is 2.50 bits per heavy atom. The van der Waals surface area contributed by atoms with E-state index in [2.05, 4.69) is 21.2 Å². The van der Waals surface area contributed by atoms with E-state index in [0.29, 0.717) is 10.0 Å². The number of aliphatic hydroxyl groups excluding tert-OH is 1. The van der Waals surface area contributed by atoms with Gasteiger partial charge in [-0.25, -0.2) is 4.39 Å². The molecule has 0 saturated heterocycles. The first kappa shape index (κ1) is 14.8. The molecule has 0 heterocycles. The maximum Gasteiger partial charge on any atom is 0.137 e. The molecule has 0 amide bonds. The Morgan fingerprint density at radius 1 is 1.25 bits per heavy atom. The van der Waals surface area contributed by atoms with E-state index < -0.39 is 0 Å². The van der Waals surface area contributed by atoms with Crippen LogP contribution >= 0.6 is 15.9 Å². The van der Waals surface area contributed by atoms with E-state index in [4.69, 9.17) is 4.74 Å². The van der Waals surface area contributed by atoms with Gasteiger partial charge in [-0.05, 0) is 57.9 Å². The summed E-state index contributed by atoms with van der Waals surface area (Å²) in [7, 11) is 1.60. The number of methoxy groups -OCH3 is 1. The molecule has 0 aliphatic rings. The van der Waals surface area contributed by atoms with Gasteiger partial charge in [-0.1, -0.05) is 6.07 Å². The fourth-order valence-electron chi connectivity index (χ4n) is 1.85. The van der Waals surface area contributed by atoms with Crippen molar-refractivity contribution >= 4 is 21.6 Å². The highest BCUT2D eigenvalue weighted by molar-refractivity contribution is 9.10. The molecule has 2 rings (SSSR count). The number of rotatable bonds is 5. The summed E-state index contributed by atoms with van der Waals surface area (Å²) >= 11 is 3.11. The van der Waals surface area contributed by atoms with Crippen LogP contribution in [0.2, 0.25) is 0 Å². The summed E-state index contributed by atoms with van der Waals surface area (Å²) < 4.78 is 19.0. The van der Waals surface area contributed by atoms with Gasteiger partial charge in [-0.3, -0.25) is 0 Å². The number of ether oxygens (including phenoxy) is 1. The van der Waals surface area contributed by atoms with Crippen LogP contribution in [0.25, 0.3) is 0 Å². The van der Waals surface area contributed by atoms with E-state index in [1.165, 1.54) is 6.07 Å². The van der Waals surface area contributed by atoms with Gasteiger partial charge < -0.3 is 15.2 Å². The minimum Gasteiger partial charge on any atom is -0.497 e. The Hall–Kier alpha value is -1.59. The van der Waals surface area contributed by atoms with Gasteiger partial charge >= 0.3 is 0 Å². The first-order valence-electron chi connectivity index (χ1n) is 6.10. The zero-order valence-corrected chi connectivity index (χ0v) is 12.5. The Balaban J connectivity index is 2.16. The number of benzene rings is 2. The quantitative estimate of drug-likeness (QED) is 0.871. The van der Waals surface area contributed by atoms with Crippen LogP contribution < -0.4 is 10.1 Å². The van der Waals surface area contributed by atoms with E-state index >= 15 is 0 Å². The van der Waals surface area contributed by atoms with Crippen molar-refractivity contribution in [1.29, 1.82) is 0 Å². The summed E-state index contributed by atoms with van der Waals surface area (Å²) in [5, 5.41) is 12.6. The van der Waals surface area contributed by atoms with Crippen molar-refractivity contribution in [1.82, 2.24) is 0 Å². The number of aliphatic hydroxyl groups is 1. The van der Waals surface area contributed by atoms with Crippen LogP contribution in [-0.4, -0.2) is 18.8 Å². The predicted molar refractivity (Wildman–Crippen MR) is 80.5 cm³/mol. The first-order valence-corrected chi connectivity index (χ1v) is 6.89. The summed E-state index contributed by atoms with van der Waals surface area (Å²) in [6, 6.07) is 11.8. The molecule has 2 aromatic rings. The monoisotopic (exact) mass is 339 g/mol. The number of halogens is 2. The Labute approximate surface area is 125 Å². The van der Waals surface area contributed by atoms with E-state index in [9.17, 15) is 9.50 Å². The van der Waals surface area contributed by atoms with Gasteiger partial charge in [0.2, 0.25) is 0 Å². The van der Waals surface area contributed by atoms with Gasteiger partial charge in [-0.2, -0.15) is 0 Å². The van der Waals surface area contributed by atoms with E-state index in [0.717, 1.165) is 11.4 Å². The molecule has 0 spiro atoms. The van der Waals surface area contributed by atoms with Crippen molar-refractivity contribution in [3.63, 3.8) is 0 Å². The summed E-state index contributed by atoms with van der Waals surface area (Å²) in [5.41, 5.74) is 1.51. The van der Waals surface area contributed by atoms with Gasteiger partial charge in [0, 0.05) is 5.69 Å². The lowest BCUT2D eigenvalue weighted by atomic mass is 10.1. The Kier molecular flexibility index (Phi) is 4.98. The molecular formula is C15H15BrFNO2. The largest absolute Gasteiger partial charge is 0.497 e. The van der Waals surface area contributed by atoms with Crippen molar-refractivity contribution in [2.24, 2.45) is 0 Å². The zero-order chi connectivity index (χ0) is 14.5. The second-order valence-electron chi connectivity index (χ2n) is 4.28. The average Bonchev–Trinajstić information content (AvgIpc) is 2.48. The minimum atomic E-state index is -0.369. The highest BCUT2D eigenvalue weighted by atomic mass is 79.9. The zero-order valence-electron chi connectivity index (χ0n) is 10.9. The van der Waals surface area contributed by atoms with E-state index in [1.54, 1.807) is 19.2 Å². The molecule has 0 saturated carbocycles. The number of nitrogens with one attached hydrogen (secondary N) is 1. The molecule has 0 aliphatic carbocycles. The fraction of sp³-hybridized carbons (Fsp3) is 0.200. The van der Waals surface area contributed by atoms with Crippen molar-refractivity contribution in [3.8, 4) is 5.75 Å². The molecule has 0 aliphatic heterocycles. The van der Waals surface area contributed by atoms with Crippen LogP contribution in [0, 0.1) is 5.82 Å². The molecule has 0 fully saturated rings. The molecule has 20 heavy (non-hydrogen) atoms. The first-order chi connectivity index (χ1) is 9.63. The van der Waals surface area contributed by atoms with Gasteiger partial charge in [0.1, 0.15) is 11.6 Å². The maximum absolute atomic E-state index is 13.5. The molecule has 0 radical (unpaired) electrons. The van der Waals surface area contributed by atoms with E-state index in [1.807, 2.05) is 24.3 Å². The normalized spacial score (nSPS) is 12.0. The third kappa shape index (κ3) is 3.49. The molecule has 1 atom stereocenters. The highest BCUT2D eigenvalue weighted by Crippen LogP contribution is 2.24. The maximum atomic E-state index is 13.5. The lowest BCUT2D eigenvalue weighted by Gasteiger charge is -2.18. The average molecular weight is 340 g/mol. The SMILES string of the molecule is COc1ccc(NC(CO)c2ccc(Br)c(F)c2)cc1. The second kappa shape index (κ2) is 6.72. The summed E-state index contributed by atoms with van der Waals surface area (Å²) in [6.45, 7) is -0.132. The fourth-order valence-corrected chi connectivity index (χ4v) is 2.10. The van der Waals surface area contributed by atoms with Gasteiger partial charge in [0.25, 0.3) is 0 Å². The number of hydrogen-bond donors (Lipinski definition) is 2. The Morgan fingerprint density at radius 2 is 1.95 bits per heavy atom. The molecule has 106 valence electrons. The predicted octanol–water partition coefficient (Wildman–Crippen LogP) is 3.74. The molecule has 0 aromatic heterocycles. The van der Waals surface area contributed by atoms with Gasteiger partial charge in [0.05, 0.1) is 24.2 Å². The lowest BCUT2D eigenvalue weighted by Crippen LogP contribution is -2.15. The number of hydrogen-bond acceptors (Lipinski definition) is 3. The second-order valence-corrected chi connectivity index (χ2v) is 5.14. The molecular weight excluding hydrogens is 325 g/mol. The third-order valence-electron chi connectivity index (χ3n) is 2.96. The summed E-state index contributed by atoms with van der Waals surface area (Å²) in [5.74, 6) is 0.406. The Bertz CT molecular complexity index is 575. The summed E-state index contributed by atoms with van der Waals surface area (Å²) in [6.07, 6.45) is 0. The number of anilines is 1. The van der Waals surface area contributed by atoms with Crippen LogP contribution in [0.15, 0.2) is 46.9 Å². The lowest BCUT2D eigenvalue weighted by molar-refractivity contribution is 0.276. The van der Waals surface area contributed by atoms with Crippen LogP contribution in [-0.2, 0) is 0 Å². The summed E-state index contributed by atoms with van der Waals surface area (Å²) in [4.78, 5) is 0. The van der Waals surface area contributed by atoms with Crippen molar-refractivity contribution < 1.29 is 14.2 Å². The van der Waals surface area contributed by atoms with Crippen LogP contribution in [0.1, 0.15) is 11.6 Å². The van der Waals surface area contributed by atoms with Gasteiger partial charge in [-0.15, -0.1) is 0 Å².